The number of ether oxygens (including phenoxy) is 1. The SMILES string of the molecule is Cc1ccc(NC(=O)COc2cc(C)on2)c(C(=O)O)c1. The molecule has 0 fully saturated rings. The van der Waals surface area contributed by atoms with Crippen molar-refractivity contribution in [3.8, 4) is 5.88 Å². The number of carboxylic acids is 1. The smallest absolute Gasteiger partial charge is 0.337 e. The van der Waals surface area contributed by atoms with Crippen LogP contribution in [0.1, 0.15) is 21.7 Å². The Morgan fingerprint density at radius 2 is 2.10 bits per heavy atom. The van der Waals surface area contributed by atoms with Gasteiger partial charge in [0.15, 0.2) is 6.61 Å². The van der Waals surface area contributed by atoms with Crippen LogP contribution < -0.4 is 10.1 Å². The Kier molecular flexibility index (Phi) is 4.22. The highest BCUT2D eigenvalue weighted by molar-refractivity contribution is 6.01. The van der Waals surface area contributed by atoms with E-state index in [-0.39, 0.29) is 23.7 Å². The zero-order valence-electron chi connectivity index (χ0n) is 11.5. The molecule has 0 saturated carbocycles. The molecule has 0 aliphatic rings. The van der Waals surface area contributed by atoms with E-state index in [9.17, 15) is 9.59 Å². The summed E-state index contributed by atoms with van der Waals surface area (Å²) in [6, 6.07) is 6.28. The van der Waals surface area contributed by atoms with Gasteiger partial charge < -0.3 is 19.7 Å². The summed E-state index contributed by atoms with van der Waals surface area (Å²) >= 11 is 0. The van der Waals surface area contributed by atoms with Gasteiger partial charge in [-0.05, 0) is 31.1 Å². The number of nitrogens with zero attached hydrogens (tertiary/aromatic N) is 1. The fraction of sp³-hybridized carbons (Fsp3) is 0.214. The molecule has 1 aromatic carbocycles. The van der Waals surface area contributed by atoms with E-state index >= 15 is 0 Å². The lowest BCUT2D eigenvalue weighted by Crippen LogP contribution is -2.21. The molecule has 1 aromatic heterocycles. The largest absolute Gasteiger partial charge is 0.478 e. The first-order valence-corrected chi connectivity index (χ1v) is 6.15. The first-order valence-electron chi connectivity index (χ1n) is 6.15. The second-order valence-corrected chi connectivity index (χ2v) is 4.47. The van der Waals surface area contributed by atoms with Gasteiger partial charge in [0.1, 0.15) is 5.76 Å². The number of rotatable bonds is 5. The van der Waals surface area contributed by atoms with Crippen LogP contribution >= 0.6 is 0 Å². The number of amides is 1. The average molecular weight is 290 g/mol. The normalized spacial score (nSPS) is 10.2. The van der Waals surface area contributed by atoms with Gasteiger partial charge in [-0.2, -0.15) is 0 Å². The second-order valence-electron chi connectivity index (χ2n) is 4.47. The molecule has 0 radical (unpaired) electrons. The molecule has 0 aliphatic heterocycles. The van der Waals surface area contributed by atoms with Gasteiger partial charge in [0.25, 0.3) is 11.8 Å². The van der Waals surface area contributed by atoms with Gasteiger partial charge in [-0.15, -0.1) is 0 Å². The van der Waals surface area contributed by atoms with Crippen molar-refractivity contribution in [2.75, 3.05) is 11.9 Å². The molecule has 0 unspecified atom stereocenters. The van der Waals surface area contributed by atoms with Gasteiger partial charge in [-0.1, -0.05) is 11.6 Å². The van der Waals surface area contributed by atoms with Crippen LogP contribution in [0.25, 0.3) is 0 Å². The van der Waals surface area contributed by atoms with Gasteiger partial charge in [-0.3, -0.25) is 4.79 Å². The Morgan fingerprint density at radius 3 is 2.71 bits per heavy atom. The predicted octanol–water partition coefficient (Wildman–Crippen LogP) is 2.01. The summed E-state index contributed by atoms with van der Waals surface area (Å²) in [6.45, 7) is 3.18. The maximum Gasteiger partial charge on any atom is 0.337 e. The van der Waals surface area contributed by atoms with Crippen molar-refractivity contribution in [2.24, 2.45) is 0 Å². The summed E-state index contributed by atoms with van der Waals surface area (Å²) in [6.07, 6.45) is 0. The van der Waals surface area contributed by atoms with Crippen molar-refractivity contribution in [3.63, 3.8) is 0 Å². The lowest BCUT2D eigenvalue weighted by molar-refractivity contribution is -0.118. The molecule has 2 aromatic rings. The van der Waals surface area contributed by atoms with E-state index in [4.69, 9.17) is 14.4 Å². The molecule has 0 spiro atoms. The minimum Gasteiger partial charge on any atom is -0.478 e. The van der Waals surface area contributed by atoms with Crippen molar-refractivity contribution in [2.45, 2.75) is 13.8 Å². The maximum atomic E-state index is 11.8. The van der Waals surface area contributed by atoms with Gasteiger partial charge in [0, 0.05) is 6.07 Å². The average Bonchev–Trinajstić information content (AvgIpc) is 2.84. The summed E-state index contributed by atoms with van der Waals surface area (Å²) in [5.41, 5.74) is 1.04. The van der Waals surface area contributed by atoms with Crippen molar-refractivity contribution < 1.29 is 24.0 Å². The molecule has 110 valence electrons. The Bertz CT molecular complexity index is 678. The number of hydrogen-bond donors (Lipinski definition) is 2. The number of aryl methyl sites for hydroxylation is 2. The molecule has 21 heavy (non-hydrogen) atoms. The number of benzene rings is 1. The maximum absolute atomic E-state index is 11.8. The van der Waals surface area contributed by atoms with Gasteiger partial charge >= 0.3 is 5.97 Å². The number of anilines is 1. The van der Waals surface area contributed by atoms with E-state index in [0.29, 0.717) is 5.76 Å². The quantitative estimate of drug-likeness (QED) is 0.873. The molecule has 0 aliphatic carbocycles. The van der Waals surface area contributed by atoms with E-state index in [1.165, 1.54) is 12.1 Å². The lowest BCUT2D eigenvalue weighted by Gasteiger charge is -2.09. The highest BCUT2D eigenvalue weighted by Gasteiger charge is 2.13. The van der Waals surface area contributed by atoms with E-state index in [0.717, 1.165) is 5.56 Å². The molecule has 7 heteroatoms. The first-order chi connectivity index (χ1) is 9.95. The number of aromatic nitrogens is 1. The fourth-order valence-corrected chi connectivity index (χ4v) is 1.68. The third-order valence-electron chi connectivity index (χ3n) is 2.64. The first kappa shape index (κ1) is 14.6. The molecule has 2 rings (SSSR count). The molecule has 1 heterocycles. The van der Waals surface area contributed by atoms with Gasteiger partial charge in [0.2, 0.25) is 0 Å². The molecular weight excluding hydrogens is 276 g/mol. The van der Waals surface area contributed by atoms with Crippen LogP contribution in [-0.2, 0) is 4.79 Å². The molecule has 0 saturated heterocycles. The van der Waals surface area contributed by atoms with Gasteiger partial charge in [-0.25, -0.2) is 4.79 Å². The summed E-state index contributed by atoms with van der Waals surface area (Å²) in [5.74, 6) is -0.828. The van der Waals surface area contributed by atoms with E-state index < -0.39 is 11.9 Å². The monoisotopic (exact) mass is 290 g/mol. The van der Waals surface area contributed by atoms with Crippen LogP contribution in [0.4, 0.5) is 5.69 Å². The highest BCUT2D eigenvalue weighted by atomic mass is 16.5. The Hall–Kier alpha value is -2.83. The van der Waals surface area contributed by atoms with Crippen molar-refractivity contribution in [1.82, 2.24) is 5.16 Å². The number of aromatic carboxylic acids is 1. The summed E-state index contributed by atoms with van der Waals surface area (Å²) in [4.78, 5) is 22.9. The van der Waals surface area contributed by atoms with E-state index in [2.05, 4.69) is 10.5 Å². The van der Waals surface area contributed by atoms with Crippen LogP contribution in [0.5, 0.6) is 5.88 Å². The minimum atomic E-state index is -1.11. The molecule has 0 bridgehead atoms. The predicted molar refractivity (Wildman–Crippen MR) is 73.5 cm³/mol. The lowest BCUT2D eigenvalue weighted by atomic mass is 10.1. The summed E-state index contributed by atoms with van der Waals surface area (Å²) in [5, 5.41) is 15.2. The van der Waals surface area contributed by atoms with Crippen LogP contribution in [0, 0.1) is 13.8 Å². The molecular formula is C14H14N2O5. The van der Waals surface area contributed by atoms with Crippen LogP contribution in [0.3, 0.4) is 0 Å². The van der Waals surface area contributed by atoms with Crippen LogP contribution in [-0.4, -0.2) is 28.7 Å². The third kappa shape index (κ3) is 3.82. The highest BCUT2D eigenvalue weighted by Crippen LogP contribution is 2.17. The number of nitrogens with one attached hydrogen (secondary N) is 1. The third-order valence-corrected chi connectivity index (χ3v) is 2.64. The second kappa shape index (κ2) is 6.08. The number of carbonyl (C=O) groups excluding carboxylic acids is 1. The topological polar surface area (TPSA) is 102 Å². The summed E-state index contributed by atoms with van der Waals surface area (Å²) < 4.78 is 9.91. The zero-order chi connectivity index (χ0) is 15.4. The molecule has 1 amide bonds. The molecule has 2 N–H and O–H groups in total. The van der Waals surface area contributed by atoms with Gasteiger partial charge in [0.05, 0.1) is 11.3 Å². The zero-order valence-corrected chi connectivity index (χ0v) is 11.5. The van der Waals surface area contributed by atoms with E-state index in [1.807, 2.05) is 0 Å². The van der Waals surface area contributed by atoms with Crippen LogP contribution in [0.15, 0.2) is 28.8 Å². The standard InChI is InChI=1S/C14H14N2O5/c1-8-3-4-11(10(5-8)14(18)19)15-12(17)7-20-13-6-9(2)21-16-13/h3-6H,7H2,1-2H3,(H,15,17)(H,18,19). The van der Waals surface area contributed by atoms with Crippen molar-refractivity contribution in [1.29, 1.82) is 0 Å². The number of hydrogen-bond acceptors (Lipinski definition) is 5. The Labute approximate surface area is 120 Å². The minimum absolute atomic E-state index is 0.0284. The number of carboxylic acid groups (broad SMARTS) is 1. The molecule has 7 nitrogen and oxygen atoms in total. The Morgan fingerprint density at radius 1 is 1.33 bits per heavy atom. The van der Waals surface area contributed by atoms with Crippen molar-refractivity contribution in [3.05, 3.63) is 41.2 Å². The fourth-order valence-electron chi connectivity index (χ4n) is 1.68. The van der Waals surface area contributed by atoms with Crippen molar-refractivity contribution >= 4 is 17.6 Å². The van der Waals surface area contributed by atoms with Crippen LogP contribution in [0.2, 0.25) is 0 Å². The van der Waals surface area contributed by atoms with E-state index in [1.54, 1.807) is 26.0 Å². The molecule has 0 atom stereocenters. The number of carbonyl (C=O) groups is 2. The summed E-state index contributed by atoms with van der Waals surface area (Å²) in [7, 11) is 0. The Balaban J connectivity index is 2.01.